The third-order valence-corrected chi connectivity index (χ3v) is 1.54. The maximum atomic E-state index is 12.4. The molecule has 0 aromatic carbocycles. The number of nitrogens with two attached hydrogens (primary N) is 1. The first kappa shape index (κ1) is 6.71. The summed E-state index contributed by atoms with van der Waals surface area (Å²) in [6, 6.07) is -0.470. The lowest BCUT2D eigenvalue weighted by atomic mass is 10.1. The standard InChI is InChI=1S/C6H10FNO/c7-5-1-4(3-9)2-6(5)8/h1,4,6,9H,2-3,8H2/t4-,6-/m1/s1. The second kappa shape index (κ2) is 2.45. The Hall–Kier alpha value is -0.410. The summed E-state index contributed by atoms with van der Waals surface area (Å²) in [6.45, 7) is 0.00111. The average Bonchev–Trinajstić information content (AvgIpc) is 2.13. The molecule has 1 aliphatic carbocycles. The second-order valence-electron chi connectivity index (χ2n) is 2.34. The molecule has 3 N–H and O–H groups in total. The SMILES string of the molecule is N[C@@H]1C[C@H](CO)C=C1F. The molecule has 0 saturated heterocycles. The molecule has 0 aromatic heterocycles. The topological polar surface area (TPSA) is 46.2 Å². The molecule has 0 heterocycles. The van der Waals surface area contributed by atoms with Crippen LogP contribution in [-0.4, -0.2) is 17.8 Å². The van der Waals surface area contributed by atoms with Crippen molar-refractivity contribution in [3.8, 4) is 0 Å². The summed E-state index contributed by atoms with van der Waals surface area (Å²) in [5, 5.41) is 8.53. The first-order chi connectivity index (χ1) is 4.24. The average molecular weight is 131 g/mol. The van der Waals surface area contributed by atoms with E-state index in [0.29, 0.717) is 6.42 Å². The van der Waals surface area contributed by atoms with Gasteiger partial charge in [0.1, 0.15) is 5.83 Å². The van der Waals surface area contributed by atoms with Gasteiger partial charge in [0.25, 0.3) is 0 Å². The van der Waals surface area contributed by atoms with Gasteiger partial charge in [-0.3, -0.25) is 0 Å². The van der Waals surface area contributed by atoms with E-state index in [1.807, 2.05) is 0 Å². The lowest BCUT2D eigenvalue weighted by molar-refractivity contribution is 0.249. The van der Waals surface area contributed by atoms with Gasteiger partial charge in [0.05, 0.1) is 6.04 Å². The molecule has 0 bridgehead atoms. The number of rotatable bonds is 1. The predicted molar refractivity (Wildman–Crippen MR) is 32.4 cm³/mol. The minimum absolute atomic E-state index is 0.00111. The molecule has 0 saturated carbocycles. The van der Waals surface area contributed by atoms with E-state index in [1.165, 1.54) is 6.08 Å². The maximum Gasteiger partial charge on any atom is 0.113 e. The van der Waals surface area contributed by atoms with Crippen LogP contribution >= 0.6 is 0 Å². The van der Waals surface area contributed by atoms with Gasteiger partial charge in [0, 0.05) is 12.5 Å². The monoisotopic (exact) mass is 131 g/mol. The van der Waals surface area contributed by atoms with Gasteiger partial charge >= 0.3 is 0 Å². The van der Waals surface area contributed by atoms with Crippen LogP contribution in [-0.2, 0) is 0 Å². The minimum Gasteiger partial charge on any atom is -0.396 e. The largest absolute Gasteiger partial charge is 0.396 e. The van der Waals surface area contributed by atoms with Crippen LogP contribution in [0.5, 0.6) is 0 Å². The van der Waals surface area contributed by atoms with Crippen LogP contribution in [0.15, 0.2) is 11.9 Å². The number of halogens is 1. The molecule has 0 aliphatic heterocycles. The zero-order chi connectivity index (χ0) is 6.85. The highest BCUT2D eigenvalue weighted by Crippen LogP contribution is 2.22. The molecule has 2 atom stereocenters. The van der Waals surface area contributed by atoms with Crippen molar-refractivity contribution in [3.05, 3.63) is 11.9 Å². The number of hydrogen-bond donors (Lipinski definition) is 2. The molecule has 0 spiro atoms. The van der Waals surface area contributed by atoms with Crippen LogP contribution in [0.25, 0.3) is 0 Å². The van der Waals surface area contributed by atoms with E-state index in [0.717, 1.165) is 0 Å². The Morgan fingerprint density at radius 3 is 2.78 bits per heavy atom. The number of aliphatic hydroxyl groups is 1. The quantitative estimate of drug-likeness (QED) is 0.533. The van der Waals surface area contributed by atoms with E-state index < -0.39 is 6.04 Å². The molecular weight excluding hydrogens is 121 g/mol. The highest BCUT2D eigenvalue weighted by molar-refractivity contribution is 5.11. The van der Waals surface area contributed by atoms with Crippen LogP contribution < -0.4 is 5.73 Å². The summed E-state index contributed by atoms with van der Waals surface area (Å²) < 4.78 is 12.4. The lowest BCUT2D eigenvalue weighted by Crippen LogP contribution is -2.18. The molecule has 0 unspecified atom stereocenters. The Morgan fingerprint density at radius 1 is 1.89 bits per heavy atom. The molecule has 9 heavy (non-hydrogen) atoms. The van der Waals surface area contributed by atoms with Gasteiger partial charge in [-0.25, -0.2) is 4.39 Å². The van der Waals surface area contributed by atoms with Crippen molar-refractivity contribution < 1.29 is 9.50 Å². The maximum absolute atomic E-state index is 12.4. The highest BCUT2D eigenvalue weighted by Gasteiger charge is 2.22. The van der Waals surface area contributed by atoms with Crippen molar-refractivity contribution in [2.75, 3.05) is 6.61 Å². The minimum atomic E-state index is -0.470. The van der Waals surface area contributed by atoms with Crippen LogP contribution in [0.1, 0.15) is 6.42 Å². The van der Waals surface area contributed by atoms with Crippen LogP contribution in [0.2, 0.25) is 0 Å². The first-order valence-corrected chi connectivity index (χ1v) is 2.97. The molecule has 2 nitrogen and oxygen atoms in total. The molecular formula is C6H10FNO. The Kier molecular flexibility index (Phi) is 1.83. The Bertz CT molecular complexity index is 135. The number of aliphatic hydroxyl groups excluding tert-OH is 1. The third-order valence-electron chi connectivity index (χ3n) is 1.54. The molecule has 0 aromatic rings. The van der Waals surface area contributed by atoms with E-state index in [9.17, 15) is 4.39 Å². The zero-order valence-electron chi connectivity index (χ0n) is 5.05. The summed E-state index contributed by atoms with van der Waals surface area (Å²) in [7, 11) is 0. The molecule has 3 heteroatoms. The second-order valence-corrected chi connectivity index (χ2v) is 2.34. The molecule has 0 amide bonds. The van der Waals surface area contributed by atoms with Gasteiger partial charge in [-0.05, 0) is 12.5 Å². The fourth-order valence-corrected chi connectivity index (χ4v) is 0.983. The van der Waals surface area contributed by atoms with E-state index in [-0.39, 0.29) is 18.4 Å². The van der Waals surface area contributed by atoms with Gasteiger partial charge in [0.15, 0.2) is 0 Å². The van der Waals surface area contributed by atoms with Gasteiger partial charge in [0.2, 0.25) is 0 Å². The molecule has 0 fully saturated rings. The smallest absolute Gasteiger partial charge is 0.113 e. The summed E-state index contributed by atoms with van der Waals surface area (Å²) in [5.74, 6) is -0.339. The predicted octanol–water partition coefficient (Wildman–Crippen LogP) is 0.179. The summed E-state index contributed by atoms with van der Waals surface area (Å²) in [5.41, 5.74) is 5.29. The van der Waals surface area contributed by atoms with Gasteiger partial charge in [-0.2, -0.15) is 0 Å². The van der Waals surface area contributed by atoms with Crippen molar-refractivity contribution in [3.63, 3.8) is 0 Å². The van der Waals surface area contributed by atoms with Gasteiger partial charge in [-0.15, -0.1) is 0 Å². The van der Waals surface area contributed by atoms with Crippen molar-refractivity contribution in [1.82, 2.24) is 0 Å². The normalized spacial score (nSPS) is 34.8. The number of hydrogen-bond acceptors (Lipinski definition) is 2. The zero-order valence-corrected chi connectivity index (χ0v) is 5.05. The van der Waals surface area contributed by atoms with Gasteiger partial charge in [-0.1, -0.05) is 0 Å². The summed E-state index contributed by atoms with van der Waals surface area (Å²) >= 11 is 0. The Labute approximate surface area is 53.2 Å². The first-order valence-electron chi connectivity index (χ1n) is 2.97. The van der Waals surface area contributed by atoms with Crippen molar-refractivity contribution in [1.29, 1.82) is 0 Å². The fraction of sp³-hybridized carbons (Fsp3) is 0.667. The van der Waals surface area contributed by atoms with Crippen molar-refractivity contribution in [2.45, 2.75) is 12.5 Å². The third kappa shape index (κ3) is 1.28. The van der Waals surface area contributed by atoms with Crippen LogP contribution in [0.3, 0.4) is 0 Å². The fourth-order valence-electron chi connectivity index (χ4n) is 0.983. The van der Waals surface area contributed by atoms with E-state index in [1.54, 1.807) is 0 Å². The molecule has 0 radical (unpaired) electrons. The van der Waals surface area contributed by atoms with E-state index in [4.69, 9.17) is 10.8 Å². The lowest BCUT2D eigenvalue weighted by Gasteiger charge is -2.02. The van der Waals surface area contributed by atoms with Gasteiger partial charge < -0.3 is 10.8 Å². The van der Waals surface area contributed by atoms with E-state index in [2.05, 4.69) is 0 Å². The Balaban J connectivity index is 2.52. The van der Waals surface area contributed by atoms with Crippen molar-refractivity contribution >= 4 is 0 Å². The molecule has 1 aliphatic rings. The Morgan fingerprint density at radius 2 is 2.56 bits per heavy atom. The summed E-state index contributed by atoms with van der Waals surface area (Å²) in [4.78, 5) is 0. The van der Waals surface area contributed by atoms with Crippen LogP contribution in [0, 0.1) is 5.92 Å². The molecule has 1 rings (SSSR count). The summed E-state index contributed by atoms with van der Waals surface area (Å²) in [6.07, 6.45) is 1.94. The van der Waals surface area contributed by atoms with Crippen molar-refractivity contribution in [2.24, 2.45) is 11.7 Å². The molecule has 52 valence electrons. The highest BCUT2D eigenvalue weighted by atomic mass is 19.1. The van der Waals surface area contributed by atoms with E-state index >= 15 is 0 Å². The van der Waals surface area contributed by atoms with Crippen LogP contribution in [0.4, 0.5) is 4.39 Å².